The van der Waals surface area contributed by atoms with Crippen LogP contribution in [0.1, 0.15) is 70.8 Å². The second-order valence-corrected chi connectivity index (χ2v) is 15.3. The minimum Gasteiger partial charge on any atom is -0.386 e. The number of ether oxygens (including phenoxy) is 1. The molecule has 0 radical (unpaired) electrons. The van der Waals surface area contributed by atoms with Gasteiger partial charge in [-0.15, -0.1) is 0 Å². The van der Waals surface area contributed by atoms with Crippen LogP contribution in [0.25, 0.3) is 0 Å². The van der Waals surface area contributed by atoms with Crippen LogP contribution in [0.3, 0.4) is 0 Å². The first-order valence-electron chi connectivity index (χ1n) is 15.5. The van der Waals surface area contributed by atoms with E-state index in [0.717, 1.165) is 65.6 Å². The van der Waals surface area contributed by atoms with Gasteiger partial charge in [-0.1, -0.05) is 44.2 Å². The van der Waals surface area contributed by atoms with Crippen molar-refractivity contribution >= 4 is 0 Å². The van der Waals surface area contributed by atoms with Gasteiger partial charge in [0.05, 0.1) is 40.4 Å². The summed E-state index contributed by atoms with van der Waals surface area (Å²) >= 11 is 0. The van der Waals surface area contributed by atoms with Gasteiger partial charge in [-0.2, -0.15) is 0 Å². The predicted octanol–water partition coefficient (Wildman–Crippen LogP) is 5.49. The highest BCUT2D eigenvalue weighted by molar-refractivity contribution is 5.14. The van der Waals surface area contributed by atoms with Crippen molar-refractivity contribution < 1.29 is 18.8 Å². The quantitative estimate of drug-likeness (QED) is 0.543. The van der Waals surface area contributed by atoms with Gasteiger partial charge in [0.25, 0.3) is 0 Å². The average Bonchev–Trinajstić information content (AvgIpc) is 3.15. The SMILES string of the molecule is C[C@]12CC[C@H]([N+](C)(C)Cc3ccccc3)C[C@@H]1CC[C@@H]1[C@@H]2CC[C@]2(C)[C@@H](O)[C@@H]([N+]3(C)CCOCC3)C[C@@H]12. The van der Waals surface area contributed by atoms with Gasteiger partial charge in [0, 0.05) is 23.8 Å². The van der Waals surface area contributed by atoms with Crippen LogP contribution in [0.15, 0.2) is 30.3 Å². The van der Waals surface area contributed by atoms with Gasteiger partial charge in [-0.25, -0.2) is 0 Å². The number of fused-ring (bicyclic) bond motifs is 5. The summed E-state index contributed by atoms with van der Waals surface area (Å²) < 4.78 is 7.88. The van der Waals surface area contributed by atoms with E-state index in [9.17, 15) is 5.11 Å². The maximum atomic E-state index is 11.8. The molecule has 206 valence electrons. The van der Waals surface area contributed by atoms with E-state index in [-0.39, 0.29) is 11.5 Å². The van der Waals surface area contributed by atoms with Crippen molar-refractivity contribution in [2.24, 2.45) is 34.5 Å². The van der Waals surface area contributed by atoms with Crippen LogP contribution < -0.4 is 0 Å². The summed E-state index contributed by atoms with van der Waals surface area (Å²) in [5, 5.41) is 11.8. The number of benzene rings is 1. The highest BCUT2D eigenvalue weighted by Gasteiger charge is 2.65. The molecule has 4 nitrogen and oxygen atoms in total. The van der Waals surface area contributed by atoms with Gasteiger partial charge in [0.1, 0.15) is 31.8 Å². The number of aliphatic hydroxyl groups excluding tert-OH is 1. The van der Waals surface area contributed by atoms with Gasteiger partial charge < -0.3 is 18.8 Å². The Morgan fingerprint density at radius 1 is 0.919 bits per heavy atom. The number of aliphatic hydroxyl groups is 1. The van der Waals surface area contributed by atoms with Crippen molar-refractivity contribution in [3.05, 3.63) is 35.9 Å². The van der Waals surface area contributed by atoms with E-state index >= 15 is 0 Å². The molecule has 0 spiro atoms. The van der Waals surface area contributed by atoms with Crippen LogP contribution in [0, 0.1) is 34.5 Å². The fourth-order valence-electron chi connectivity index (χ4n) is 10.7. The van der Waals surface area contributed by atoms with E-state index < -0.39 is 0 Å². The van der Waals surface area contributed by atoms with Gasteiger partial charge in [0.2, 0.25) is 0 Å². The zero-order chi connectivity index (χ0) is 26.1. The molecule has 0 amide bonds. The molecule has 0 aromatic heterocycles. The Kier molecular flexibility index (Phi) is 6.62. The van der Waals surface area contributed by atoms with Crippen molar-refractivity contribution in [3.8, 4) is 0 Å². The lowest BCUT2D eigenvalue weighted by atomic mass is 9.45. The minimum absolute atomic E-state index is 0.111. The average molecular weight is 511 g/mol. The van der Waals surface area contributed by atoms with Crippen molar-refractivity contribution in [2.45, 2.75) is 89.9 Å². The summed E-state index contributed by atoms with van der Waals surface area (Å²) in [5.74, 6) is 3.24. The fourth-order valence-corrected chi connectivity index (χ4v) is 10.7. The minimum atomic E-state index is -0.154. The summed E-state index contributed by atoms with van der Waals surface area (Å²) in [6.45, 7) is 10.2. The second kappa shape index (κ2) is 9.32. The van der Waals surface area contributed by atoms with Crippen molar-refractivity contribution in [1.82, 2.24) is 0 Å². The van der Waals surface area contributed by atoms with Crippen molar-refractivity contribution in [2.75, 3.05) is 47.4 Å². The smallest absolute Gasteiger partial charge is 0.116 e. The summed E-state index contributed by atoms with van der Waals surface area (Å²) in [6.07, 6.45) is 10.6. The monoisotopic (exact) mass is 510 g/mol. The second-order valence-electron chi connectivity index (χ2n) is 15.3. The van der Waals surface area contributed by atoms with Gasteiger partial charge in [-0.3, -0.25) is 0 Å². The molecule has 1 aromatic carbocycles. The Balaban J connectivity index is 1.18. The third-order valence-corrected chi connectivity index (χ3v) is 13.3. The molecule has 9 atom stereocenters. The van der Waals surface area contributed by atoms with Crippen LogP contribution >= 0.6 is 0 Å². The molecule has 1 aromatic rings. The van der Waals surface area contributed by atoms with Crippen LogP contribution in [0.4, 0.5) is 0 Å². The largest absolute Gasteiger partial charge is 0.386 e. The van der Waals surface area contributed by atoms with Gasteiger partial charge in [-0.05, 0) is 67.6 Å². The number of nitrogens with zero attached hydrogens (tertiary/aromatic N) is 2. The van der Waals surface area contributed by atoms with E-state index in [1.165, 1.54) is 56.9 Å². The molecule has 6 rings (SSSR count). The molecule has 5 aliphatic rings. The molecular weight excluding hydrogens is 456 g/mol. The molecule has 4 heteroatoms. The standard InChI is InChI=1S/C33H54N2O2/c1-32-15-13-26(34(3,4)23-24-9-7-6-8-10-24)21-25(32)11-12-27-28(32)14-16-33(2)29(27)22-30(31(33)36)35(5)17-19-37-20-18-35/h6-10,25-31,36H,11-23H2,1-5H3/q+2/t25-,26-,27+,28-,29-,30-,31-,32-,33-/m0/s1. The van der Waals surface area contributed by atoms with E-state index in [1.807, 2.05) is 0 Å². The number of rotatable bonds is 4. The number of hydrogen-bond donors (Lipinski definition) is 1. The number of likely N-dealkylation sites (N-methyl/N-ethyl adjacent to an activating group) is 1. The first-order valence-corrected chi connectivity index (χ1v) is 15.5. The van der Waals surface area contributed by atoms with Crippen LogP contribution in [0.2, 0.25) is 0 Å². The molecule has 1 N–H and O–H groups in total. The Morgan fingerprint density at radius 3 is 2.35 bits per heavy atom. The van der Waals surface area contributed by atoms with E-state index in [4.69, 9.17) is 4.74 Å². The lowest BCUT2D eigenvalue weighted by molar-refractivity contribution is -0.943. The van der Waals surface area contributed by atoms with E-state index in [1.54, 1.807) is 0 Å². The maximum Gasteiger partial charge on any atom is 0.116 e. The Morgan fingerprint density at radius 2 is 1.62 bits per heavy atom. The normalized spacial score (nSPS) is 45.5. The van der Waals surface area contributed by atoms with Crippen molar-refractivity contribution in [3.63, 3.8) is 0 Å². The lowest BCUT2D eigenvalue weighted by Crippen LogP contribution is -2.61. The molecule has 0 bridgehead atoms. The zero-order valence-corrected chi connectivity index (χ0v) is 24.4. The maximum absolute atomic E-state index is 11.8. The van der Waals surface area contributed by atoms with Crippen LogP contribution in [0.5, 0.6) is 0 Å². The molecule has 1 aliphatic heterocycles. The summed E-state index contributed by atoms with van der Waals surface area (Å²) in [6, 6.07) is 12.3. The molecule has 4 aliphatic carbocycles. The molecule has 1 heterocycles. The molecular formula is C33H54N2O2+2. The molecule has 1 saturated heterocycles. The van der Waals surface area contributed by atoms with Crippen molar-refractivity contribution in [1.29, 1.82) is 0 Å². The third kappa shape index (κ3) is 4.24. The Labute approximate surface area is 226 Å². The Hall–Kier alpha value is -0.940. The Bertz CT molecular complexity index is 958. The molecule has 37 heavy (non-hydrogen) atoms. The molecule has 4 saturated carbocycles. The van der Waals surface area contributed by atoms with E-state index in [0.29, 0.717) is 17.4 Å². The summed E-state index contributed by atoms with van der Waals surface area (Å²) in [5.41, 5.74) is 2.08. The number of quaternary nitrogens is 2. The number of hydrogen-bond acceptors (Lipinski definition) is 2. The van der Waals surface area contributed by atoms with Crippen LogP contribution in [-0.2, 0) is 11.3 Å². The number of morpholine rings is 1. The lowest BCUT2D eigenvalue weighted by Gasteiger charge is -2.61. The fraction of sp³-hybridized carbons (Fsp3) is 0.818. The highest BCUT2D eigenvalue weighted by atomic mass is 16.5. The summed E-state index contributed by atoms with van der Waals surface area (Å²) in [4.78, 5) is 0. The first kappa shape index (κ1) is 26.3. The van der Waals surface area contributed by atoms with Gasteiger partial charge in [0.15, 0.2) is 0 Å². The predicted molar refractivity (Wildman–Crippen MR) is 150 cm³/mol. The highest BCUT2D eigenvalue weighted by Crippen LogP contribution is 2.67. The topological polar surface area (TPSA) is 29.5 Å². The molecule has 5 fully saturated rings. The third-order valence-electron chi connectivity index (χ3n) is 13.3. The molecule has 0 unspecified atom stereocenters. The van der Waals surface area contributed by atoms with E-state index in [2.05, 4.69) is 65.3 Å². The first-order chi connectivity index (χ1) is 17.6. The summed E-state index contributed by atoms with van der Waals surface area (Å²) in [7, 11) is 7.36. The zero-order valence-electron chi connectivity index (χ0n) is 24.4. The van der Waals surface area contributed by atoms with Crippen LogP contribution in [-0.4, -0.2) is 79.7 Å². The van der Waals surface area contributed by atoms with Gasteiger partial charge >= 0.3 is 0 Å².